The molecule has 0 heterocycles. The van der Waals surface area contributed by atoms with Gasteiger partial charge in [-0.2, -0.15) is 0 Å². The number of unbranched alkanes of at least 4 members (excludes halogenated alkanes) is 5. The third-order valence-electron chi connectivity index (χ3n) is 3.75. The van der Waals surface area contributed by atoms with Crippen molar-refractivity contribution in [3.63, 3.8) is 0 Å². The van der Waals surface area contributed by atoms with Crippen molar-refractivity contribution in [2.45, 2.75) is 83.6 Å². The molecular formula is C15H31N3. The summed E-state index contributed by atoms with van der Waals surface area (Å²) < 4.78 is 0. The van der Waals surface area contributed by atoms with Gasteiger partial charge in [0.15, 0.2) is 5.96 Å². The van der Waals surface area contributed by atoms with Gasteiger partial charge in [0.1, 0.15) is 0 Å². The molecule has 0 atom stereocenters. The monoisotopic (exact) mass is 253 g/mol. The number of aliphatic imine (C=N–C) groups is 1. The summed E-state index contributed by atoms with van der Waals surface area (Å²) in [5.74, 6) is 0.662. The number of nitrogens with two attached hydrogens (primary N) is 1. The zero-order valence-corrected chi connectivity index (χ0v) is 12.1. The Balaban J connectivity index is 1.99. The smallest absolute Gasteiger partial charge is 0.188 e. The quantitative estimate of drug-likeness (QED) is 0.394. The zero-order valence-electron chi connectivity index (χ0n) is 12.1. The second kappa shape index (κ2) is 10.2. The fraction of sp³-hybridized carbons (Fsp3) is 0.933. The molecule has 1 rings (SSSR count). The first-order chi connectivity index (χ1) is 8.83. The molecule has 0 aromatic carbocycles. The molecule has 0 aromatic rings. The Morgan fingerprint density at radius 2 is 1.72 bits per heavy atom. The van der Waals surface area contributed by atoms with Crippen LogP contribution in [0, 0.1) is 0 Å². The second-order valence-electron chi connectivity index (χ2n) is 5.51. The Bertz CT molecular complexity index is 220. The first-order valence-corrected chi connectivity index (χ1v) is 7.89. The molecular weight excluding hydrogens is 222 g/mol. The lowest BCUT2D eigenvalue weighted by molar-refractivity contribution is 0.412. The molecule has 0 bridgehead atoms. The topological polar surface area (TPSA) is 50.4 Å². The summed E-state index contributed by atoms with van der Waals surface area (Å²) in [7, 11) is 0. The Hall–Kier alpha value is -0.730. The third kappa shape index (κ3) is 7.57. The van der Waals surface area contributed by atoms with Crippen LogP contribution < -0.4 is 11.1 Å². The molecule has 3 heteroatoms. The number of nitrogens with zero attached hydrogens (tertiary/aromatic N) is 1. The predicted octanol–water partition coefficient (Wildman–Crippen LogP) is 3.58. The van der Waals surface area contributed by atoms with Gasteiger partial charge in [-0.15, -0.1) is 0 Å². The summed E-state index contributed by atoms with van der Waals surface area (Å²) >= 11 is 0. The normalized spacial score (nSPS) is 17.9. The minimum absolute atomic E-state index is 0.576. The van der Waals surface area contributed by atoms with Crippen LogP contribution >= 0.6 is 0 Å². The summed E-state index contributed by atoms with van der Waals surface area (Å²) in [6.45, 7) is 3.14. The minimum Gasteiger partial charge on any atom is -0.370 e. The molecule has 3 nitrogen and oxygen atoms in total. The van der Waals surface area contributed by atoms with Gasteiger partial charge >= 0.3 is 0 Å². The highest BCUT2D eigenvalue weighted by Gasteiger charge is 2.12. The van der Waals surface area contributed by atoms with Crippen LogP contribution in [0.15, 0.2) is 4.99 Å². The molecule has 1 aliphatic carbocycles. The Morgan fingerprint density at radius 3 is 2.44 bits per heavy atom. The summed E-state index contributed by atoms with van der Waals surface area (Å²) in [6, 6.07) is 0.576. The Kier molecular flexibility index (Phi) is 8.70. The van der Waals surface area contributed by atoms with Gasteiger partial charge in [0.2, 0.25) is 0 Å². The standard InChI is InChI=1S/C15H31N3/c1-2-3-4-5-6-10-13-17-15(16)18-14-11-8-7-9-12-14/h14H,2-13H2,1H3,(H3,16,17,18). The molecule has 1 aliphatic rings. The lowest BCUT2D eigenvalue weighted by Crippen LogP contribution is -2.41. The number of nitrogens with one attached hydrogen (secondary N) is 1. The van der Waals surface area contributed by atoms with Gasteiger partial charge in [-0.1, -0.05) is 58.3 Å². The lowest BCUT2D eigenvalue weighted by Gasteiger charge is -2.23. The van der Waals surface area contributed by atoms with Crippen LogP contribution in [-0.4, -0.2) is 18.5 Å². The fourth-order valence-electron chi connectivity index (χ4n) is 2.59. The molecule has 1 saturated carbocycles. The predicted molar refractivity (Wildman–Crippen MR) is 79.9 cm³/mol. The van der Waals surface area contributed by atoms with Crippen molar-refractivity contribution >= 4 is 5.96 Å². The van der Waals surface area contributed by atoms with Gasteiger partial charge in [-0.3, -0.25) is 4.99 Å². The van der Waals surface area contributed by atoms with E-state index in [4.69, 9.17) is 5.73 Å². The minimum atomic E-state index is 0.576. The van der Waals surface area contributed by atoms with Crippen LogP contribution in [0.1, 0.15) is 77.6 Å². The largest absolute Gasteiger partial charge is 0.370 e. The summed E-state index contributed by atoms with van der Waals surface area (Å²) in [5.41, 5.74) is 5.91. The molecule has 0 amide bonds. The van der Waals surface area contributed by atoms with Crippen molar-refractivity contribution in [3.05, 3.63) is 0 Å². The number of rotatable bonds is 8. The van der Waals surface area contributed by atoms with E-state index in [0.717, 1.165) is 6.54 Å². The maximum absolute atomic E-state index is 5.91. The molecule has 106 valence electrons. The van der Waals surface area contributed by atoms with E-state index in [2.05, 4.69) is 17.2 Å². The average molecular weight is 253 g/mol. The van der Waals surface area contributed by atoms with Crippen LogP contribution in [0.25, 0.3) is 0 Å². The van der Waals surface area contributed by atoms with E-state index in [0.29, 0.717) is 12.0 Å². The highest BCUT2D eigenvalue weighted by Crippen LogP contribution is 2.17. The summed E-state index contributed by atoms with van der Waals surface area (Å²) in [6.07, 6.45) is 14.4. The first-order valence-electron chi connectivity index (χ1n) is 7.89. The van der Waals surface area contributed by atoms with Crippen molar-refractivity contribution in [1.82, 2.24) is 5.32 Å². The Labute approximate surface area is 113 Å². The fourth-order valence-corrected chi connectivity index (χ4v) is 2.59. The number of hydrogen-bond donors (Lipinski definition) is 2. The molecule has 0 saturated heterocycles. The molecule has 3 N–H and O–H groups in total. The molecule has 0 unspecified atom stereocenters. The molecule has 0 spiro atoms. The maximum atomic E-state index is 5.91. The van der Waals surface area contributed by atoms with E-state index in [1.54, 1.807) is 0 Å². The SMILES string of the molecule is CCCCCCCCN=C(N)NC1CCCCC1. The van der Waals surface area contributed by atoms with E-state index in [1.807, 2.05) is 0 Å². The molecule has 18 heavy (non-hydrogen) atoms. The van der Waals surface area contributed by atoms with E-state index >= 15 is 0 Å². The van der Waals surface area contributed by atoms with E-state index in [-0.39, 0.29) is 0 Å². The van der Waals surface area contributed by atoms with Crippen LogP contribution in [0.3, 0.4) is 0 Å². The van der Waals surface area contributed by atoms with Gasteiger partial charge in [-0.25, -0.2) is 0 Å². The molecule has 0 aromatic heterocycles. The van der Waals surface area contributed by atoms with Crippen molar-refractivity contribution in [2.75, 3.05) is 6.54 Å². The van der Waals surface area contributed by atoms with Crippen LogP contribution in [0.4, 0.5) is 0 Å². The van der Waals surface area contributed by atoms with Crippen LogP contribution in [-0.2, 0) is 0 Å². The van der Waals surface area contributed by atoms with Gasteiger partial charge in [0, 0.05) is 12.6 Å². The molecule has 0 aliphatic heterocycles. The van der Waals surface area contributed by atoms with Gasteiger partial charge in [0.05, 0.1) is 0 Å². The highest BCUT2D eigenvalue weighted by atomic mass is 15.1. The van der Waals surface area contributed by atoms with E-state index in [9.17, 15) is 0 Å². The van der Waals surface area contributed by atoms with E-state index < -0.39 is 0 Å². The second-order valence-corrected chi connectivity index (χ2v) is 5.51. The third-order valence-corrected chi connectivity index (χ3v) is 3.75. The molecule has 0 radical (unpaired) electrons. The Morgan fingerprint density at radius 1 is 1.06 bits per heavy atom. The zero-order chi connectivity index (χ0) is 13.1. The van der Waals surface area contributed by atoms with Crippen molar-refractivity contribution in [3.8, 4) is 0 Å². The summed E-state index contributed by atoms with van der Waals surface area (Å²) in [4.78, 5) is 4.42. The number of guanidine groups is 1. The van der Waals surface area contributed by atoms with Crippen molar-refractivity contribution in [1.29, 1.82) is 0 Å². The van der Waals surface area contributed by atoms with Gasteiger partial charge in [0.25, 0.3) is 0 Å². The molecule has 1 fully saturated rings. The van der Waals surface area contributed by atoms with Crippen molar-refractivity contribution in [2.24, 2.45) is 10.7 Å². The van der Waals surface area contributed by atoms with Gasteiger partial charge < -0.3 is 11.1 Å². The average Bonchev–Trinajstić information content (AvgIpc) is 2.39. The van der Waals surface area contributed by atoms with Crippen LogP contribution in [0.5, 0.6) is 0 Å². The van der Waals surface area contributed by atoms with E-state index in [1.165, 1.54) is 70.6 Å². The first kappa shape index (κ1) is 15.3. The van der Waals surface area contributed by atoms with Crippen molar-refractivity contribution < 1.29 is 0 Å². The van der Waals surface area contributed by atoms with Gasteiger partial charge in [-0.05, 0) is 19.3 Å². The maximum Gasteiger partial charge on any atom is 0.188 e. The highest BCUT2D eigenvalue weighted by molar-refractivity contribution is 5.78. The summed E-state index contributed by atoms with van der Waals surface area (Å²) in [5, 5.41) is 3.36. The lowest BCUT2D eigenvalue weighted by atomic mass is 9.96. The van der Waals surface area contributed by atoms with Crippen LogP contribution in [0.2, 0.25) is 0 Å². The number of hydrogen-bond acceptors (Lipinski definition) is 1.